The summed E-state index contributed by atoms with van der Waals surface area (Å²) in [4.78, 5) is 4.05. The van der Waals surface area contributed by atoms with E-state index in [1.54, 1.807) is 7.05 Å². The van der Waals surface area contributed by atoms with Crippen molar-refractivity contribution in [1.29, 1.82) is 0 Å². The molecule has 3 nitrogen and oxygen atoms in total. The number of aliphatic imine (C=N–C) groups is 1. The molecule has 0 saturated carbocycles. The van der Waals surface area contributed by atoms with E-state index in [-0.39, 0.29) is 24.0 Å². The summed E-state index contributed by atoms with van der Waals surface area (Å²) >= 11 is 0. The number of rotatable bonds is 3. The van der Waals surface area contributed by atoms with Crippen LogP contribution >= 0.6 is 24.0 Å². The molecule has 0 aliphatic heterocycles. The van der Waals surface area contributed by atoms with Crippen molar-refractivity contribution >= 4 is 29.9 Å². The zero-order valence-electron chi connectivity index (χ0n) is 8.85. The normalized spacial score (nSPS) is 10.7. The predicted molar refractivity (Wildman–Crippen MR) is 69.9 cm³/mol. The first-order valence-electron chi connectivity index (χ1n) is 4.17. The van der Waals surface area contributed by atoms with Crippen LogP contribution in [0.25, 0.3) is 0 Å². The van der Waals surface area contributed by atoms with E-state index in [2.05, 4.69) is 36.1 Å². The van der Waals surface area contributed by atoms with Gasteiger partial charge in [-0.2, -0.15) is 0 Å². The Morgan fingerprint density at radius 3 is 2.31 bits per heavy atom. The van der Waals surface area contributed by atoms with Crippen LogP contribution in [0.5, 0.6) is 0 Å². The highest BCUT2D eigenvalue weighted by atomic mass is 127. The molecule has 13 heavy (non-hydrogen) atoms. The minimum absolute atomic E-state index is 0. The maximum Gasteiger partial charge on any atom is 0.191 e. The molecule has 0 amide bonds. The zero-order chi connectivity index (χ0) is 9.56. The lowest BCUT2D eigenvalue weighted by Gasteiger charge is -2.13. The molecule has 78 valence electrons. The second-order valence-corrected chi connectivity index (χ2v) is 3.18. The van der Waals surface area contributed by atoms with Crippen LogP contribution in [0, 0.1) is 0 Å². The van der Waals surface area contributed by atoms with Gasteiger partial charge in [0.2, 0.25) is 0 Å². The monoisotopic (exact) mass is 297 g/mol. The summed E-state index contributed by atoms with van der Waals surface area (Å²) < 4.78 is 0. The van der Waals surface area contributed by atoms with Crippen molar-refractivity contribution < 1.29 is 0 Å². The Kier molecular flexibility index (Phi) is 9.77. The second kappa shape index (κ2) is 8.34. The Hall–Kier alpha value is -0.260. The van der Waals surface area contributed by atoms with Gasteiger partial charge in [-0.1, -0.05) is 12.2 Å². The molecule has 4 heteroatoms. The molecule has 0 unspecified atom stereocenters. The van der Waals surface area contributed by atoms with Crippen LogP contribution in [-0.4, -0.2) is 25.6 Å². The van der Waals surface area contributed by atoms with Gasteiger partial charge < -0.3 is 10.6 Å². The molecule has 0 radical (unpaired) electrons. The van der Waals surface area contributed by atoms with Crippen molar-refractivity contribution in [3.8, 4) is 0 Å². The van der Waals surface area contributed by atoms with E-state index in [1.165, 1.54) is 0 Å². The van der Waals surface area contributed by atoms with Gasteiger partial charge >= 0.3 is 0 Å². The Bertz CT molecular complexity index is 176. The lowest BCUT2D eigenvalue weighted by Crippen LogP contribution is -2.41. The second-order valence-electron chi connectivity index (χ2n) is 3.18. The fourth-order valence-electron chi connectivity index (χ4n) is 0.703. The minimum Gasteiger partial charge on any atom is -0.354 e. The third-order valence-corrected chi connectivity index (χ3v) is 1.21. The minimum atomic E-state index is 0. The summed E-state index contributed by atoms with van der Waals surface area (Å²) in [7, 11) is 1.76. The van der Waals surface area contributed by atoms with Crippen LogP contribution in [0.3, 0.4) is 0 Å². The summed E-state index contributed by atoms with van der Waals surface area (Å²) in [6.45, 7) is 10.7. The van der Waals surface area contributed by atoms with E-state index in [9.17, 15) is 0 Å². The molecule has 0 bridgehead atoms. The SMILES string of the molecule is C=C(C)CNC(=NC)NC(C)C.I. The van der Waals surface area contributed by atoms with E-state index in [4.69, 9.17) is 0 Å². The number of nitrogens with one attached hydrogen (secondary N) is 2. The molecule has 2 N–H and O–H groups in total. The fourth-order valence-corrected chi connectivity index (χ4v) is 0.703. The average molecular weight is 297 g/mol. The molecule has 0 saturated heterocycles. The summed E-state index contributed by atoms with van der Waals surface area (Å²) in [5, 5.41) is 6.32. The summed E-state index contributed by atoms with van der Waals surface area (Å²) in [5.74, 6) is 0.827. The maximum absolute atomic E-state index is 4.05. The molecule has 0 aromatic carbocycles. The topological polar surface area (TPSA) is 36.4 Å². The number of halogens is 1. The van der Waals surface area contributed by atoms with Crippen LogP contribution in [0.1, 0.15) is 20.8 Å². The Balaban J connectivity index is 0. The van der Waals surface area contributed by atoms with Crippen LogP contribution in [0.2, 0.25) is 0 Å². The largest absolute Gasteiger partial charge is 0.354 e. The first-order valence-corrected chi connectivity index (χ1v) is 4.17. The summed E-state index contributed by atoms with van der Waals surface area (Å²) in [5.41, 5.74) is 1.10. The predicted octanol–water partition coefficient (Wildman–Crippen LogP) is 1.75. The zero-order valence-corrected chi connectivity index (χ0v) is 11.2. The molecule has 0 aromatic heterocycles. The number of nitrogens with zero attached hydrogens (tertiary/aromatic N) is 1. The highest BCUT2D eigenvalue weighted by molar-refractivity contribution is 14.0. The van der Waals surface area contributed by atoms with Crippen molar-refractivity contribution in [2.24, 2.45) is 4.99 Å². The van der Waals surface area contributed by atoms with Gasteiger partial charge in [-0.15, -0.1) is 24.0 Å². The molecule has 0 rings (SSSR count). The van der Waals surface area contributed by atoms with Gasteiger partial charge in [0.05, 0.1) is 0 Å². The van der Waals surface area contributed by atoms with Gasteiger partial charge in [0.15, 0.2) is 5.96 Å². The van der Waals surface area contributed by atoms with Gasteiger partial charge in [-0.05, 0) is 20.8 Å². The van der Waals surface area contributed by atoms with E-state index >= 15 is 0 Å². The third kappa shape index (κ3) is 9.66. The van der Waals surface area contributed by atoms with Gasteiger partial charge in [0.1, 0.15) is 0 Å². The van der Waals surface area contributed by atoms with Crippen molar-refractivity contribution in [3.05, 3.63) is 12.2 Å². The van der Waals surface area contributed by atoms with Crippen LogP contribution in [-0.2, 0) is 0 Å². The van der Waals surface area contributed by atoms with E-state index < -0.39 is 0 Å². The first-order chi connectivity index (χ1) is 5.56. The van der Waals surface area contributed by atoms with Crippen LogP contribution in [0.15, 0.2) is 17.1 Å². The lowest BCUT2D eigenvalue weighted by atomic mass is 10.3. The molecular weight excluding hydrogens is 277 g/mol. The highest BCUT2D eigenvalue weighted by Crippen LogP contribution is 1.82. The van der Waals surface area contributed by atoms with Crippen molar-refractivity contribution in [2.75, 3.05) is 13.6 Å². The third-order valence-electron chi connectivity index (χ3n) is 1.21. The van der Waals surface area contributed by atoms with Crippen LogP contribution < -0.4 is 10.6 Å². The van der Waals surface area contributed by atoms with E-state index in [0.717, 1.165) is 18.1 Å². The maximum atomic E-state index is 4.05. The molecule has 0 spiro atoms. The Labute approximate surface area is 98.1 Å². The number of guanidine groups is 1. The fraction of sp³-hybridized carbons (Fsp3) is 0.667. The molecule has 0 aliphatic rings. The number of hydrogen-bond donors (Lipinski definition) is 2. The Morgan fingerprint density at radius 1 is 1.46 bits per heavy atom. The molecule has 0 aliphatic carbocycles. The van der Waals surface area contributed by atoms with E-state index in [1.807, 2.05) is 6.92 Å². The van der Waals surface area contributed by atoms with Crippen molar-refractivity contribution in [3.63, 3.8) is 0 Å². The van der Waals surface area contributed by atoms with Gasteiger partial charge in [-0.3, -0.25) is 4.99 Å². The molecule has 0 atom stereocenters. The highest BCUT2D eigenvalue weighted by Gasteiger charge is 1.97. The lowest BCUT2D eigenvalue weighted by molar-refractivity contribution is 0.707. The average Bonchev–Trinajstić information content (AvgIpc) is 1.97. The number of hydrogen-bond acceptors (Lipinski definition) is 1. The molecule has 0 fully saturated rings. The van der Waals surface area contributed by atoms with Gasteiger partial charge in [0.25, 0.3) is 0 Å². The van der Waals surface area contributed by atoms with Crippen molar-refractivity contribution in [1.82, 2.24) is 10.6 Å². The Morgan fingerprint density at radius 2 is 2.00 bits per heavy atom. The molecule has 0 aromatic rings. The molecule has 0 heterocycles. The standard InChI is InChI=1S/C9H19N3.HI/c1-7(2)6-11-9(10-5)12-8(3)4;/h8H,1,6H2,2-5H3,(H2,10,11,12);1H. The van der Waals surface area contributed by atoms with Gasteiger partial charge in [0, 0.05) is 19.6 Å². The summed E-state index contributed by atoms with van der Waals surface area (Å²) in [6.07, 6.45) is 0. The summed E-state index contributed by atoms with van der Waals surface area (Å²) in [6, 6.07) is 0.404. The van der Waals surface area contributed by atoms with Crippen LogP contribution in [0.4, 0.5) is 0 Å². The van der Waals surface area contributed by atoms with Crippen molar-refractivity contribution in [2.45, 2.75) is 26.8 Å². The first kappa shape index (κ1) is 15.2. The quantitative estimate of drug-likeness (QED) is 0.360. The van der Waals surface area contributed by atoms with E-state index in [0.29, 0.717) is 6.04 Å². The molecular formula is C9H20IN3. The smallest absolute Gasteiger partial charge is 0.191 e. The van der Waals surface area contributed by atoms with Gasteiger partial charge in [-0.25, -0.2) is 0 Å².